The van der Waals surface area contributed by atoms with Gasteiger partial charge in [0.25, 0.3) is 5.91 Å². The van der Waals surface area contributed by atoms with Gasteiger partial charge < -0.3 is 15.0 Å². The van der Waals surface area contributed by atoms with Crippen molar-refractivity contribution in [2.24, 2.45) is 0 Å². The molecule has 1 amide bonds. The fraction of sp³-hybridized carbons (Fsp3) is 0.231. The van der Waals surface area contributed by atoms with Gasteiger partial charge in [0.15, 0.2) is 0 Å². The molecule has 0 spiro atoms. The van der Waals surface area contributed by atoms with Gasteiger partial charge in [0.2, 0.25) is 5.43 Å². The van der Waals surface area contributed by atoms with Crippen molar-refractivity contribution in [1.29, 1.82) is 0 Å². The van der Waals surface area contributed by atoms with Crippen LogP contribution < -0.4 is 5.43 Å². The van der Waals surface area contributed by atoms with Gasteiger partial charge in [-0.15, -0.1) is 0 Å². The lowest BCUT2D eigenvalue weighted by atomic mass is 9.94. The second-order valence-electron chi connectivity index (χ2n) is 7.91. The van der Waals surface area contributed by atoms with Crippen molar-refractivity contribution in [3.05, 3.63) is 112 Å². The normalized spacial score (nSPS) is 16.8. The quantitative estimate of drug-likeness (QED) is 0.632. The summed E-state index contributed by atoms with van der Waals surface area (Å²) in [7, 11) is 0. The lowest BCUT2D eigenvalue weighted by Gasteiger charge is -2.45. The number of rotatable bonds is 6. The third-order valence-electron chi connectivity index (χ3n) is 6.01. The largest absolute Gasteiger partial charge is 0.395 e. The molecule has 6 nitrogen and oxygen atoms in total. The van der Waals surface area contributed by atoms with Gasteiger partial charge >= 0.3 is 0 Å². The number of pyridine rings is 1. The predicted octanol–water partition coefficient (Wildman–Crippen LogP) is 2.93. The number of nitrogens with zero attached hydrogens (tertiary/aromatic N) is 2. The van der Waals surface area contributed by atoms with Gasteiger partial charge in [-0.05, 0) is 11.1 Å². The van der Waals surface area contributed by atoms with Gasteiger partial charge in [0, 0.05) is 37.6 Å². The average Bonchev–Trinajstić information content (AvgIpc) is 2.85. The second kappa shape index (κ2) is 9.77. The van der Waals surface area contributed by atoms with Crippen molar-refractivity contribution in [2.75, 3.05) is 26.2 Å². The number of benzene rings is 2. The molecule has 4 rings (SSSR count). The van der Waals surface area contributed by atoms with Crippen molar-refractivity contribution in [3.8, 4) is 0 Å². The first-order chi connectivity index (χ1) is 15.6. The van der Waals surface area contributed by atoms with Crippen LogP contribution in [0.5, 0.6) is 0 Å². The van der Waals surface area contributed by atoms with Crippen LogP contribution >= 0.6 is 0 Å². The standard InChI is InChI=1S/C26H27N3O3/c1-2-19-15-27-16-23(25(19)31)26(32)28-13-14-29(22(17-28)18-30)24(20-9-5-3-6-10-20)21-11-7-4-8-12-21/h2-12,15-16,22,24,30H,1,13-14,17-18H2,(H,27,31)/t22-/m0/s1. The summed E-state index contributed by atoms with van der Waals surface area (Å²) in [6.07, 6.45) is 4.41. The minimum atomic E-state index is -0.335. The number of carbonyl (C=O) groups is 1. The van der Waals surface area contributed by atoms with E-state index in [0.29, 0.717) is 25.2 Å². The summed E-state index contributed by atoms with van der Waals surface area (Å²) in [5.41, 5.74) is 2.38. The predicted molar refractivity (Wildman–Crippen MR) is 125 cm³/mol. The van der Waals surface area contributed by atoms with Gasteiger partial charge in [-0.25, -0.2) is 0 Å². The Balaban J connectivity index is 1.62. The molecule has 164 valence electrons. The third kappa shape index (κ3) is 4.28. The summed E-state index contributed by atoms with van der Waals surface area (Å²) in [5, 5.41) is 10.3. The maximum absolute atomic E-state index is 13.1. The summed E-state index contributed by atoms with van der Waals surface area (Å²) in [4.78, 5) is 32.5. The van der Waals surface area contributed by atoms with E-state index < -0.39 is 0 Å². The number of nitrogens with one attached hydrogen (secondary N) is 1. The molecule has 1 aliphatic rings. The Kier molecular flexibility index (Phi) is 6.63. The molecule has 2 heterocycles. The van der Waals surface area contributed by atoms with E-state index in [1.54, 1.807) is 4.90 Å². The number of aromatic amines is 1. The third-order valence-corrected chi connectivity index (χ3v) is 6.01. The van der Waals surface area contributed by atoms with E-state index >= 15 is 0 Å². The summed E-state index contributed by atoms with van der Waals surface area (Å²) in [5.74, 6) is -0.330. The Labute approximate surface area is 187 Å². The Morgan fingerprint density at radius 1 is 1.06 bits per heavy atom. The summed E-state index contributed by atoms with van der Waals surface area (Å²) in [6.45, 7) is 4.91. The molecule has 1 aromatic heterocycles. The highest BCUT2D eigenvalue weighted by Crippen LogP contribution is 2.32. The van der Waals surface area contributed by atoms with Gasteiger partial charge in [0.1, 0.15) is 5.56 Å². The molecule has 3 aromatic rings. The molecular weight excluding hydrogens is 402 g/mol. The summed E-state index contributed by atoms with van der Waals surface area (Å²) in [6, 6.07) is 20.1. The first-order valence-corrected chi connectivity index (χ1v) is 10.7. The van der Waals surface area contributed by atoms with Crippen LogP contribution in [0, 0.1) is 0 Å². The molecular formula is C26H27N3O3. The number of piperazine rings is 1. The average molecular weight is 430 g/mol. The molecule has 32 heavy (non-hydrogen) atoms. The van der Waals surface area contributed by atoms with Crippen molar-refractivity contribution in [2.45, 2.75) is 12.1 Å². The van der Waals surface area contributed by atoms with Crippen LogP contribution in [0.2, 0.25) is 0 Å². The first-order valence-electron chi connectivity index (χ1n) is 10.7. The van der Waals surface area contributed by atoms with Crippen LogP contribution in [0.25, 0.3) is 6.08 Å². The minimum Gasteiger partial charge on any atom is -0.395 e. The smallest absolute Gasteiger partial charge is 0.259 e. The van der Waals surface area contributed by atoms with Crippen molar-refractivity contribution >= 4 is 12.0 Å². The molecule has 2 aromatic carbocycles. The molecule has 0 saturated carbocycles. The molecule has 1 aliphatic heterocycles. The first kappa shape index (κ1) is 21.7. The van der Waals surface area contributed by atoms with Crippen LogP contribution in [0.15, 0.2) is 84.4 Å². The molecule has 1 atom stereocenters. The number of aromatic nitrogens is 1. The van der Waals surface area contributed by atoms with Crippen molar-refractivity contribution in [3.63, 3.8) is 0 Å². The number of carbonyl (C=O) groups excluding carboxylic acids is 1. The van der Waals surface area contributed by atoms with Gasteiger partial charge in [0.05, 0.1) is 18.7 Å². The molecule has 0 unspecified atom stereocenters. The van der Waals surface area contributed by atoms with E-state index in [4.69, 9.17) is 0 Å². The Morgan fingerprint density at radius 2 is 1.69 bits per heavy atom. The van der Waals surface area contributed by atoms with Crippen LogP contribution in [0.4, 0.5) is 0 Å². The molecule has 2 N–H and O–H groups in total. The lowest BCUT2D eigenvalue weighted by molar-refractivity contribution is 0.0195. The van der Waals surface area contributed by atoms with Crippen molar-refractivity contribution in [1.82, 2.24) is 14.8 Å². The zero-order valence-electron chi connectivity index (χ0n) is 17.9. The topological polar surface area (TPSA) is 76.6 Å². The van der Waals surface area contributed by atoms with E-state index in [9.17, 15) is 14.7 Å². The van der Waals surface area contributed by atoms with E-state index in [0.717, 1.165) is 11.1 Å². The molecule has 0 bridgehead atoms. The number of aliphatic hydroxyl groups is 1. The lowest BCUT2D eigenvalue weighted by Crippen LogP contribution is -2.57. The maximum atomic E-state index is 13.1. The number of hydrogen-bond acceptors (Lipinski definition) is 4. The molecule has 1 saturated heterocycles. The molecule has 6 heteroatoms. The molecule has 0 radical (unpaired) electrons. The van der Waals surface area contributed by atoms with Crippen LogP contribution in [0.3, 0.4) is 0 Å². The van der Waals surface area contributed by atoms with Crippen LogP contribution in [-0.2, 0) is 0 Å². The number of H-pyrrole nitrogens is 1. The SMILES string of the molecule is C=Cc1c[nH]cc(C(=O)N2CCN(C(c3ccccc3)c3ccccc3)[C@H](CO)C2)c1=O. The Hall–Kier alpha value is -3.48. The van der Waals surface area contributed by atoms with Gasteiger partial charge in [-0.2, -0.15) is 0 Å². The van der Waals surface area contributed by atoms with E-state index in [1.807, 2.05) is 36.4 Å². The Morgan fingerprint density at radius 3 is 2.25 bits per heavy atom. The Bertz CT molecular complexity index is 1090. The van der Waals surface area contributed by atoms with Crippen molar-refractivity contribution < 1.29 is 9.90 Å². The van der Waals surface area contributed by atoms with E-state index in [1.165, 1.54) is 18.5 Å². The van der Waals surface area contributed by atoms with Gasteiger partial charge in [-0.3, -0.25) is 14.5 Å². The maximum Gasteiger partial charge on any atom is 0.259 e. The van der Waals surface area contributed by atoms with Crippen LogP contribution in [0.1, 0.15) is 33.1 Å². The van der Waals surface area contributed by atoms with E-state index in [2.05, 4.69) is 40.7 Å². The number of aliphatic hydroxyl groups excluding tert-OH is 1. The summed E-state index contributed by atoms with van der Waals surface area (Å²) < 4.78 is 0. The highest BCUT2D eigenvalue weighted by molar-refractivity contribution is 5.94. The highest BCUT2D eigenvalue weighted by Gasteiger charge is 2.35. The summed E-state index contributed by atoms with van der Waals surface area (Å²) >= 11 is 0. The number of hydrogen-bond donors (Lipinski definition) is 2. The fourth-order valence-corrected chi connectivity index (χ4v) is 4.38. The monoisotopic (exact) mass is 429 g/mol. The zero-order chi connectivity index (χ0) is 22.5. The highest BCUT2D eigenvalue weighted by atomic mass is 16.3. The second-order valence-corrected chi connectivity index (χ2v) is 7.91. The number of amides is 1. The minimum absolute atomic E-state index is 0.0423. The molecule has 0 aliphatic carbocycles. The molecule has 1 fully saturated rings. The fourth-order valence-electron chi connectivity index (χ4n) is 4.38. The van der Waals surface area contributed by atoms with Crippen LogP contribution in [-0.4, -0.2) is 58.1 Å². The van der Waals surface area contributed by atoms with E-state index in [-0.39, 0.29) is 35.6 Å². The zero-order valence-corrected chi connectivity index (χ0v) is 17.9. The van der Waals surface area contributed by atoms with Gasteiger partial charge in [-0.1, -0.05) is 73.3 Å².